The summed E-state index contributed by atoms with van der Waals surface area (Å²) in [5, 5.41) is 0.229. The molecule has 0 aliphatic heterocycles. The second kappa shape index (κ2) is 12.4. The fraction of sp³-hybridized carbons (Fsp3) is 0.222. The van der Waals surface area contributed by atoms with E-state index in [-0.39, 0.29) is 15.5 Å². The van der Waals surface area contributed by atoms with Gasteiger partial charge < -0.3 is 4.74 Å². The highest BCUT2D eigenvalue weighted by Gasteiger charge is 2.21. The largest absolute Gasteiger partial charge is 0.372 e. The lowest BCUT2D eigenvalue weighted by Crippen LogP contribution is -2.30. The van der Waals surface area contributed by atoms with E-state index in [9.17, 15) is 13.2 Å². The summed E-state index contributed by atoms with van der Waals surface area (Å²) in [6, 6.07) is 18.7. The van der Waals surface area contributed by atoms with E-state index in [0.717, 1.165) is 23.1 Å². The first-order valence-electron chi connectivity index (χ1n) is 11.1. The average Bonchev–Trinajstić information content (AvgIpc) is 2.80. The normalized spacial score (nSPS) is 11.8. The van der Waals surface area contributed by atoms with Gasteiger partial charge in [0.15, 0.2) is 0 Å². The lowest BCUT2D eigenvalue weighted by molar-refractivity contribution is 0.0980. The number of carbonyl (C=O) groups excluding carboxylic acids is 1. The molecule has 0 unspecified atom stereocenters. The molecule has 35 heavy (non-hydrogen) atoms. The zero-order chi connectivity index (χ0) is 25.4. The number of amides is 1. The Labute approximate surface area is 216 Å². The number of sulfonamides is 1. The highest BCUT2D eigenvalue weighted by Crippen LogP contribution is 2.25. The van der Waals surface area contributed by atoms with Gasteiger partial charge in [0.2, 0.25) is 0 Å². The van der Waals surface area contributed by atoms with Crippen LogP contribution in [-0.4, -0.2) is 14.3 Å². The number of rotatable bonds is 10. The molecule has 8 heteroatoms. The minimum absolute atomic E-state index is 0.0671. The van der Waals surface area contributed by atoms with Crippen molar-refractivity contribution in [3.63, 3.8) is 0 Å². The van der Waals surface area contributed by atoms with Gasteiger partial charge in [0, 0.05) is 10.6 Å². The van der Waals surface area contributed by atoms with E-state index in [2.05, 4.69) is 38.1 Å². The first kappa shape index (κ1) is 27.0. The molecule has 0 aliphatic rings. The van der Waals surface area contributed by atoms with Crippen LogP contribution in [-0.2, 0) is 28.0 Å². The van der Waals surface area contributed by atoms with Crippen molar-refractivity contribution in [3.05, 3.63) is 105 Å². The second-order valence-corrected chi connectivity index (χ2v) is 11.0. The van der Waals surface area contributed by atoms with Crippen LogP contribution >= 0.6 is 23.2 Å². The van der Waals surface area contributed by atoms with E-state index in [1.165, 1.54) is 18.2 Å². The van der Waals surface area contributed by atoms with Crippen LogP contribution in [0.25, 0.3) is 6.08 Å². The van der Waals surface area contributed by atoms with Gasteiger partial charge in [-0.15, -0.1) is 0 Å². The van der Waals surface area contributed by atoms with Crippen LogP contribution in [0, 0.1) is 5.92 Å². The Balaban J connectivity index is 1.51. The van der Waals surface area contributed by atoms with Crippen LogP contribution in [0.2, 0.25) is 10.0 Å². The first-order chi connectivity index (χ1) is 16.6. The Hall–Kier alpha value is -2.64. The molecule has 0 spiro atoms. The molecular weight excluding hydrogens is 505 g/mol. The number of nitrogens with one attached hydrogen (secondary N) is 1. The summed E-state index contributed by atoms with van der Waals surface area (Å²) in [5.74, 6) is -0.116. The van der Waals surface area contributed by atoms with E-state index < -0.39 is 15.9 Å². The summed E-state index contributed by atoms with van der Waals surface area (Å²) in [6.07, 6.45) is 5.36. The Bertz CT molecular complexity index is 1290. The molecule has 0 saturated carbocycles. The summed E-state index contributed by atoms with van der Waals surface area (Å²) in [7, 11) is -4.14. The van der Waals surface area contributed by atoms with E-state index in [4.69, 9.17) is 27.9 Å². The molecule has 0 atom stereocenters. The average molecular weight is 532 g/mol. The van der Waals surface area contributed by atoms with Gasteiger partial charge in [-0.1, -0.05) is 85.6 Å². The minimum Gasteiger partial charge on any atom is -0.372 e. The first-order valence-corrected chi connectivity index (χ1v) is 13.3. The summed E-state index contributed by atoms with van der Waals surface area (Å²) < 4.78 is 32.8. The number of hydrogen-bond donors (Lipinski definition) is 1. The van der Waals surface area contributed by atoms with Crippen molar-refractivity contribution in [1.82, 2.24) is 4.72 Å². The SMILES string of the molecule is CC(C)C/C=C/c1ccc(COCc2ccc(C(=O)NS(=O)(=O)c3ccc(Cl)cc3Cl)cc2)cc1. The highest BCUT2D eigenvalue weighted by molar-refractivity contribution is 7.90. The van der Waals surface area contributed by atoms with Gasteiger partial charge in [0.05, 0.1) is 18.2 Å². The van der Waals surface area contributed by atoms with E-state index in [1.54, 1.807) is 24.3 Å². The number of ether oxygens (including phenoxy) is 1. The number of carbonyl (C=O) groups is 1. The summed E-state index contributed by atoms with van der Waals surface area (Å²) in [4.78, 5) is 12.2. The lowest BCUT2D eigenvalue weighted by Gasteiger charge is -2.09. The fourth-order valence-electron chi connectivity index (χ4n) is 3.17. The molecule has 3 aromatic rings. The molecule has 0 heterocycles. The number of benzene rings is 3. The smallest absolute Gasteiger partial charge is 0.265 e. The van der Waals surface area contributed by atoms with Crippen molar-refractivity contribution in [2.45, 2.75) is 38.4 Å². The van der Waals surface area contributed by atoms with Crippen LogP contribution < -0.4 is 4.72 Å². The van der Waals surface area contributed by atoms with E-state index >= 15 is 0 Å². The Morgan fingerprint density at radius 1 is 0.943 bits per heavy atom. The molecule has 0 saturated heterocycles. The van der Waals surface area contributed by atoms with Crippen LogP contribution in [0.5, 0.6) is 0 Å². The highest BCUT2D eigenvalue weighted by atomic mass is 35.5. The molecule has 1 N–H and O–H groups in total. The molecule has 0 fully saturated rings. The molecule has 5 nitrogen and oxygen atoms in total. The number of hydrogen-bond acceptors (Lipinski definition) is 4. The summed E-state index contributed by atoms with van der Waals surface area (Å²) in [6.45, 7) is 5.20. The predicted molar refractivity (Wildman–Crippen MR) is 141 cm³/mol. The zero-order valence-electron chi connectivity index (χ0n) is 19.5. The van der Waals surface area contributed by atoms with Crippen molar-refractivity contribution in [2.24, 2.45) is 5.92 Å². The van der Waals surface area contributed by atoms with Gasteiger partial charge in [0.25, 0.3) is 15.9 Å². The molecule has 184 valence electrons. The molecule has 0 aromatic heterocycles. The molecule has 1 amide bonds. The number of halogens is 2. The van der Waals surface area contributed by atoms with Crippen LogP contribution in [0.15, 0.2) is 77.7 Å². The fourth-order valence-corrected chi connectivity index (χ4v) is 4.92. The zero-order valence-corrected chi connectivity index (χ0v) is 21.8. The van der Waals surface area contributed by atoms with Gasteiger partial charge in [-0.05, 0) is 59.4 Å². The molecular formula is C27H27Cl2NO4S. The van der Waals surface area contributed by atoms with Gasteiger partial charge in [0.1, 0.15) is 4.90 Å². The lowest BCUT2D eigenvalue weighted by atomic mass is 10.1. The monoisotopic (exact) mass is 531 g/mol. The van der Waals surface area contributed by atoms with Crippen molar-refractivity contribution < 1.29 is 17.9 Å². The third-order valence-corrected chi connectivity index (χ3v) is 7.11. The van der Waals surface area contributed by atoms with Gasteiger partial charge in [-0.25, -0.2) is 13.1 Å². The molecule has 0 aliphatic carbocycles. The van der Waals surface area contributed by atoms with Crippen LogP contribution in [0.3, 0.4) is 0 Å². The minimum atomic E-state index is -4.14. The molecule has 3 aromatic carbocycles. The van der Waals surface area contributed by atoms with Crippen molar-refractivity contribution in [1.29, 1.82) is 0 Å². The van der Waals surface area contributed by atoms with Crippen LogP contribution in [0.4, 0.5) is 0 Å². The van der Waals surface area contributed by atoms with Crippen LogP contribution in [0.1, 0.15) is 47.3 Å². The molecule has 0 radical (unpaired) electrons. The van der Waals surface area contributed by atoms with Crippen molar-refractivity contribution in [2.75, 3.05) is 0 Å². The standard InChI is InChI=1S/C27H27Cl2NO4S/c1-19(2)4-3-5-20-6-8-21(9-7-20)17-34-18-22-10-12-23(13-11-22)27(31)30-35(32,33)26-15-14-24(28)16-25(26)29/h3,5-16,19H,4,17-18H2,1-2H3,(H,30,31)/b5-3+. The van der Waals surface area contributed by atoms with Gasteiger partial charge in [-0.3, -0.25) is 4.79 Å². The Morgan fingerprint density at radius 2 is 1.54 bits per heavy atom. The summed E-state index contributed by atoms with van der Waals surface area (Å²) >= 11 is 11.8. The van der Waals surface area contributed by atoms with Gasteiger partial charge >= 0.3 is 0 Å². The molecule has 3 rings (SSSR count). The van der Waals surface area contributed by atoms with Crippen molar-refractivity contribution >= 4 is 45.2 Å². The molecule has 0 bridgehead atoms. The number of allylic oxidation sites excluding steroid dienone is 1. The Kier molecular flexibility index (Phi) is 9.52. The maximum atomic E-state index is 12.5. The predicted octanol–water partition coefficient (Wildman–Crippen LogP) is 6.89. The maximum absolute atomic E-state index is 12.5. The van der Waals surface area contributed by atoms with E-state index in [1.807, 2.05) is 16.9 Å². The third kappa shape index (κ3) is 8.22. The Morgan fingerprint density at radius 3 is 2.11 bits per heavy atom. The maximum Gasteiger partial charge on any atom is 0.265 e. The van der Waals surface area contributed by atoms with Crippen molar-refractivity contribution in [3.8, 4) is 0 Å². The quantitative estimate of drug-likeness (QED) is 0.309. The third-order valence-electron chi connectivity index (χ3n) is 5.06. The topological polar surface area (TPSA) is 72.5 Å². The van der Waals surface area contributed by atoms with E-state index in [0.29, 0.717) is 24.2 Å². The second-order valence-electron chi connectivity index (χ2n) is 8.47. The van der Waals surface area contributed by atoms with Gasteiger partial charge in [-0.2, -0.15) is 0 Å². The summed E-state index contributed by atoms with van der Waals surface area (Å²) in [5.41, 5.74) is 3.28.